The number of urea groups is 1. The number of carboxylic acid groups (broad SMARTS) is 2. The molecule has 66 valence electrons. The minimum Gasteiger partial charge on any atom is -0.465 e. The van der Waals surface area contributed by atoms with E-state index in [2.05, 4.69) is 0 Å². The van der Waals surface area contributed by atoms with E-state index in [0.29, 0.717) is 9.80 Å². The average Bonchev–Trinajstić information content (AvgIpc) is 2.30. The molecule has 0 radical (unpaired) electrons. The smallest absolute Gasteiger partial charge is 0.415 e. The standard InChI is InChI=1S/C5H6N2O5/c8-3-6(4(9)10)1-2-7(3)5(11)12/h1-2H2,(H,9,10)(H,11,12). The van der Waals surface area contributed by atoms with Gasteiger partial charge >= 0.3 is 18.2 Å². The summed E-state index contributed by atoms with van der Waals surface area (Å²) in [6.45, 7) is -0.194. The molecule has 1 aliphatic heterocycles. The largest absolute Gasteiger partial charge is 0.465 e. The molecule has 0 bridgehead atoms. The highest BCUT2D eigenvalue weighted by Crippen LogP contribution is 2.08. The van der Waals surface area contributed by atoms with Crippen molar-refractivity contribution in [1.82, 2.24) is 9.80 Å². The van der Waals surface area contributed by atoms with E-state index in [1.807, 2.05) is 0 Å². The third-order valence-electron chi connectivity index (χ3n) is 1.47. The number of rotatable bonds is 0. The van der Waals surface area contributed by atoms with Crippen LogP contribution in [0.25, 0.3) is 0 Å². The van der Waals surface area contributed by atoms with Crippen LogP contribution in [0.5, 0.6) is 0 Å². The van der Waals surface area contributed by atoms with Crippen molar-refractivity contribution in [3.63, 3.8) is 0 Å². The Morgan fingerprint density at radius 2 is 1.42 bits per heavy atom. The Kier molecular flexibility index (Phi) is 1.86. The highest BCUT2D eigenvalue weighted by atomic mass is 16.4. The van der Waals surface area contributed by atoms with Crippen LogP contribution in [0.1, 0.15) is 0 Å². The van der Waals surface area contributed by atoms with Crippen molar-refractivity contribution in [1.29, 1.82) is 0 Å². The van der Waals surface area contributed by atoms with Gasteiger partial charge in [0, 0.05) is 0 Å². The molecule has 0 saturated carbocycles. The van der Waals surface area contributed by atoms with E-state index in [4.69, 9.17) is 10.2 Å². The van der Waals surface area contributed by atoms with Crippen molar-refractivity contribution in [2.45, 2.75) is 0 Å². The minimum absolute atomic E-state index is 0.0968. The molecule has 1 fully saturated rings. The number of imide groups is 2. The fourth-order valence-corrected chi connectivity index (χ4v) is 0.892. The first kappa shape index (κ1) is 8.31. The van der Waals surface area contributed by atoms with E-state index in [9.17, 15) is 14.4 Å². The molecule has 1 rings (SSSR count). The molecule has 4 amide bonds. The molecule has 0 unspecified atom stereocenters. The second-order valence-electron chi connectivity index (χ2n) is 2.15. The molecule has 0 spiro atoms. The zero-order valence-corrected chi connectivity index (χ0v) is 5.93. The highest BCUT2D eigenvalue weighted by Gasteiger charge is 2.36. The van der Waals surface area contributed by atoms with Gasteiger partial charge in [-0.05, 0) is 0 Å². The minimum atomic E-state index is -1.43. The second kappa shape index (κ2) is 2.68. The number of hydrogen-bond donors (Lipinski definition) is 2. The summed E-state index contributed by atoms with van der Waals surface area (Å²) in [4.78, 5) is 32.3. The van der Waals surface area contributed by atoms with E-state index >= 15 is 0 Å². The molecule has 12 heavy (non-hydrogen) atoms. The van der Waals surface area contributed by atoms with Gasteiger partial charge in [-0.2, -0.15) is 0 Å². The normalized spacial score (nSPS) is 16.8. The molecule has 1 saturated heterocycles. The summed E-state index contributed by atoms with van der Waals surface area (Å²) in [5, 5.41) is 16.7. The fraction of sp³-hybridized carbons (Fsp3) is 0.400. The van der Waals surface area contributed by atoms with Crippen LogP contribution in [0.4, 0.5) is 14.4 Å². The maximum Gasteiger partial charge on any atom is 0.415 e. The highest BCUT2D eigenvalue weighted by molar-refractivity contribution is 5.99. The van der Waals surface area contributed by atoms with Crippen molar-refractivity contribution in [3.8, 4) is 0 Å². The molecule has 7 heteroatoms. The Labute approximate surface area is 66.8 Å². The molecule has 0 atom stereocenters. The van der Waals surface area contributed by atoms with Crippen molar-refractivity contribution >= 4 is 18.2 Å². The summed E-state index contributed by atoms with van der Waals surface area (Å²) in [6.07, 6.45) is -2.85. The van der Waals surface area contributed by atoms with Gasteiger partial charge in [-0.3, -0.25) is 0 Å². The van der Waals surface area contributed by atoms with Crippen LogP contribution in [-0.4, -0.2) is 51.3 Å². The Hall–Kier alpha value is -1.79. The Bertz CT molecular complexity index is 226. The summed E-state index contributed by atoms with van der Waals surface area (Å²) in [5.74, 6) is 0. The van der Waals surface area contributed by atoms with Gasteiger partial charge in [0.25, 0.3) is 0 Å². The third kappa shape index (κ3) is 1.16. The molecule has 0 aromatic heterocycles. The van der Waals surface area contributed by atoms with Crippen LogP contribution in [0, 0.1) is 0 Å². The molecule has 1 aliphatic rings. The lowest BCUT2D eigenvalue weighted by Crippen LogP contribution is -2.37. The first-order chi connectivity index (χ1) is 5.54. The molecular formula is C5H6N2O5. The van der Waals surface area contributed by atoms with Crippen LogP contribution < -0.4 is 0 Å². The lowest BCUT2D eigenvalue weighted by atomic mass is 10.6. The van der Waals surface area contributed by atoms with E-state index in [1.54, 1.807) is 0 Å². The van der Waals surface area contributed by atoms with Gasteiger partial charge in [0.1, 0.15) is 0 Å². The molecule has 7 nitrogen and oxygen atoms in total. The molecule has 2 N–H and O–H groups in total. The Morgan fingerprint density at radius 1 is 1.08 bits per heavy atom. The van der Waals surface area contributed by atoms with Crippen LogP contribution in [0.3, 0.4) is 0 Å². The zero-order valence-electron chi connectivity index (χ0n) is 5.93. The van der Waals surface area contributed by atoms with E-state index in [-0.39, 0.29) is 13.1 Å². The van der Waals surface area contributed by atoms with Crippen molar-refractivity contribution in [2.75, 3.05) is 13.1 Å². The molecule has 0 aromatic rings. The maximum atomic E-state index is 10.9. The molecule has 0 aliphatic carbocycles. The quantitative estimate of drug-likeness (QED) is 0.541. The predicted molar refractivity (Wildman–Crippen MR) is 34.9 cm³/mol. The lowest BCUT2D eigenvalue weighted by molar-refractivity contribution is 0.144. The van der Waals surface area contributed by atoms with Gasteiger partial charge in [0.2, 0.25) is 0 Å². The lowest BCUT2D eigenvalue weighted by Gasteiger charge is -2.09. The van der Waals surface area contributed by atoms with Gasteiger partial charge in [-0.1, -0.05) is 0 Å². The average molecular weight is 174 g/mol. The van der Waals surface area contributed by atoms with Crippen LogP contribution in [-0.2, 0) is 0 Å². The summed E-state index contributed by atoms with van der Waals surface area (Å²) in [6, 6.07) is -1.00. The van der Waals surface area contributed by atoms with E-state index in [1.165, 1.54) is 0 Å². The van der Waals surface area contributed by atoms with Gasteiger partial charge in [0.05, 0.1) is 13.1 Å². The second-order valence-corrected chi connectivity index (χ2v) is 2.15. The first-order valence-electron chi connectivity index (χ1n) is 3.09. The van der Waals surface area contributed by atoms with Gasteiger partial charge < -0.3 is 10.2 Å². The number of amides is 4. The SMILES string of the molecule is O=C(O)N1CCN(C(=O)O)C1=O. The zero-order chi connectivity index (χ0) is 9.30. The molecule has 1 heterocycles. The number of hydrogen-bond acceptors (Lipinski definition) is 3. The summed E-state index contributed by atoms with van der Waals surface area (Å²) in [5.41, 5.74) is 0. The maximum absolute atomic E-state index is 10.9. The monoisotopic (exact) mass is 174 g/mol. The van der Waals surface area contributed by atoms with Gasteiger partial charge in [0.15, 0.2) is 0 Å². The van der Waals surface area contributed by atoms with Crippen molar-refractivity contribution in [2.24, 2.45) is 0 Å². The Balaban J connectivity index is 2.74. The number of nitrogens with zero attached hydrogens (tertiary/aromatic N) is 2. The summed E-state index contributed by atoms with van der Waals surface area (Å²) in [7, 11) is 0. The molecular weight excluding hydrogens is 168 g/mol. The topological polar surface area (TPSA) is 98.2 Å². The van der Waals surface area contributed by atoms with Crippen LogP contribution >= 0.6 is 0 Å². The van der Waals surface area contributed by atoms with Crippen LogP contribution in [0.15, 0.2) is 0 Å². The van der Waals surface area contributed by atoms with Crippen LogP contribution in [0.2, 0.25) is 0 Å². The fourth-order valence-electron chi connectivity index (χ4n) is 0.892. The predicted octanol–water partition coefficient (Wildman–Crippen LogP) is 0.0800. The molecule has 0 aromatic carbocycles. The van der Waals surface area contributed by atoms with Gasteiger partial charge in [-0.15, -0.1) is 0 Å². The Morgan fingerprint density at radius 3 is 1.58 bits per heavy atom. The summed E-state index contributed by atoms with van der Waals surface area (Å²) < 4.78 is 0. The van der Waals surface area contributed by atoms with Crippen molar-refractivity contribution in [3.05, 3.63) is 0 Å². The number of carbonyl (C=O) groups is 3. The van der Waals surface area contributed by atoms with E-state index in [0.717, 1.165) is 0 Å². The summed E-state index contributed by atoms with van der Waals surface area (Å²) >= 11 is 0. The number of carbonyl (C=O) groups excluding carboxylic acids is 1. The van der Waals surface area contributed by atoms with E-state index < -0.39 is 18.2 Å². The first-order valence-corrected chi connectivity index (χ1v) is 3.09. The van der Waals surface area contributed by atoms with Crippen molar-refractivity contribution < 1.29 is 24.6 Å². The third-order valence-corrected chi connectivity index (χ3v) is 1.47. The van der Waals surface area contributed by atoms with Gasteiger partial charge in [-0.25, -0.2) is 24.2 Å².